The summed E-state index contributed by atoms with van der Waals surface area (Å²) in [5.41, 5.74) is 0. The molecule has 2 saturated heterocycles. The Hall–Kier alpha value is -2.64. The minimum Gasteiger partial charge on any atom is -0.459 e. The second-order valence-corrected chi connectivity index (χ2v) is 6.42. The normalized spacial score (nSPS) is 18.5. The number of amides is 1. The predicted molar refractivity (Wildman–Crippen MR) is 92.7 cm³/mol. The lowest BCUT2D eigenvalue weighted by atomic mass is 10.1. The van der Waals surface area contributed by atoms with Gasteiger partial charge in [0.1, 0.15) is 0 Å². The number of furan rings is 1. The second-order valence-electron chi connectivity index (χ2n) is 6.42. The summed E-state index contributed by atoms with van der Waals surface area (Å²) in [6.45, 7) is 4.73. The summed E-state index contributed by atoms with van der Waals surface area (Å²) in [6, 6.07) is 3.44. The van der Waals surface area contributed by atoms with Crippen molar-refractivity contribution in [2.45, 2.75) is 19.3 Å². The quantitative estimate of drug-likeness (QED) is 0.834. The molecule has 4 rings (SSSR count). The van der Waals surface area contributed by atoms with Crippen LogP contribution in [0.5, 0.6) is 0 Å². The molecule has 8 nitrogen and oxygen atoms in total. The lowest BCUT2D eigenvalue weighted by molar-refractivity contribution is 0.0714. The number of carbonyl (C=O) groups excluding carboxylic acids is 1. The van der Waals surface area contributed by atoms with Crippen LogP contribution < -0.4 is 9.80 Å². The van der Waals surface area contributed by atoms with E-state index in [-0.39, 0.29) is 5.91 Å². The summed E-state index contributed by atoms with van der Waals surface area (Å²) < 4.78 is 5.20. The molecule has 0 atom stereocenters. The van der Waals surface area contributed by atoms with Crippen LogP contribution >= 0.6 is 0 Å². The molecule has 4 heterocycles. The van der Waals surface area contributed by atoms with Gasteiger partial charge < -0.3 is 19.1 Å². The highest BCUT2D eigenvalue weighted by molar-refractivity contribution is 5.91. The van der Waals surface area contributed by atoms with Gasteiger partial charge in [-0.2, -0.15) is 10.1 Å². The Balaban J connectivity index is 1.40. The van der Waals surface area contributed by atoms with Crippen molar-refractivity contribution >= 4 is 17.7 Å². The third-order valence-electron chi connectivity index (χ3n) is 4.80. The Morgan fingerprint density at radius 2 is 1.80 bits per heavy atom. The van der Waals surface area contributed by atoms with E-state index >= 15 is 0 Å². The molecule has 0 aromatic carbocycles. The topological polar surface area (TPSA) is 78.6 Å². The van der Waals surface area contributed by atoms with E-state index in [0.717, 1.165) is 32.0 Å². The van der Waals surface area contributed by atoms with Gasteiger partial charge in [0, 0.05) is 39.3 Å². The van der Waals surface area contributed by atoms with Gasteiger partial charge in [0.15, 0.2) is 11.6 Å². The number of nitrogens with zero attached hydrogens (tertiary/aromatic N) is 6. The SMILES string of the molecule is O=C(c1ccco1)N1CCN(c2cnnc(N3CCCCC3)n2)CC1. The molecule has 8 heteroatoms. The zero-order valence-corrected chi connectivity index (χ0v) is 14.2. The number of anilines is 2. The van der Waals surface area contributed by atoms with Crippen LogP contribution in [0, 0.1) is 0 Å². The molecule has 2 aromatic heterocycles. The standard InChI is InChI=1S/C17H22N6O2/c24-16(14-5-4-12-25-14)22-10-8-21(9-11-22)15-13-18-20-17(19-15)23-6-2-1-3-7-23/h4-5,12-13H,1-3,6-11H2. The summed E-state index contributed by atoms with van der Waals surface area (Å²) in [7, 11) is 0. The van der Waals surface area contributed by atoms with E-state index in [2.05, 4.69) is 20.0 Å². The molecule has 0 bridgehead atoms. The highest BCUT2D eigenvalue weighted by atomic mass is 16.3. The summed E-state index contributed by atoms with van der Waals surface area (Å²) in [6.07, 6.45) is 6.87. The average molecular weight is 342 g/mol. The Kier molecular flexibility index (Phi) is 4.49. The Labute approximate surface area is 146 Å². The molecule has 0 N–H and O–H groups in total. The summed E-state index contributed by atoms with van der Waals surface area (Å²) in [4.78, 5) is 23.2. The fourth-order valence-electron chi connectivity index (χ4n) is 3.36. The van der Waals surface area contributed by atoms with E-state index < -0.39 is 0 Å². The summed E-state index contributed by atoms with van der Waals surface area (Å²) >= 11 is 0. The molecule has 0 radical (unpaired) electrons. The molecule has 0 spiro atoms. The molecule has 132 valence electrons. The monoisotopic (exact) mass is 342 g/mol. The Morgan fingerprint density at radius 1 is 1.00 bits per heavy atom. The van der Waals surface area contributed by atoms with Gasteiger partial charge in [-0.15, -0.1) is 5.10 Å². The molecule has 25 heavy (non-hydrogen) atoms. The molecular formula is C17H22N6O2. The smallest absolute Gasteiger partial charge is 0.289 e. The fourth-order valence-corrected chi connectivity index (χ4v) is 3.36. The van der Waals surface area contributed by atoms with Crippen molar-refractivity contribution in [3.63, 3.8) is 0 Å². The van der Waals surface area contributed by atoms with E-state index in [0.29, 0.717) is 24.8 Å². The highest BCUT2D eigenvalue weighted by Crippen LogP contribution is 2.19. The van der Waals surface area contributed by atoms with Gasteiger partial charge in [-0.05, 0) is 31.4 Å². The van der Waals surface area contributed by atoms with Gasteiger partial charge in [-0.1, -0.05) is 0 Å². The number of rotatable bonds is 3. The maximum absolute atomic E-state index is 12.3. The van der Waals surface area contributed by atoms with Crippen LogP contribution in [0.25, 0.3) is 0 Å². The zero-order chi connectivity index (χ0) is 17.1. The lowest BCUT2D eigenvalue weighted by Crippen LogP contribution is -2.49. The molecular weight excluding hydrogens is 320 g/mol. The van der Waals surface area contributed by atoms with E-state index in [1.807, 2.05) is 4.90 Å². The minimum atomic E-state index is -0.0560. The fraction of sp³-hybridized carbons (Fsp3) is 0.529. The minimum absolute atomic E-state index is 0.0560. The maximum Gasteiger partial charge on any atom is 0.289 e. The van der Waals surface area contributed by atoms with Gasteiger partial charge in [0.25, 0.3) is 5.91 Å². The first-order chi connectivity index (χ1) is 12.3. The number of piperidine rings is 1. The first kappa shape index (κ1) is 15.9. The largest absolute Gasteiger partial charge is 0.459 e. The number of piperazine rings is 1. The molecule has 0 aliphatic carbocycles. The van der Waals surface area contributed by atoms with Gasteiger partial charge in [0.05, 0.1) is 12.5 Å². The predicted octanol–water partition coefficient (Wildman–Crippen LogP) is 1.42. The van der Waals surface area contributed by atoms with E-state index in [9.17, 15) is 4.79 Å². The molecule has 0 saturated carbocycles. The van der Waals surface area contributed by atoms with Crippen LogP contribution in [0.2, 0.25) is 0 Å². The van der Waals surface area contributed by atoms with Gasteiger partial charge in [-0.3, -0.25) is 4.79 Å². The van der Waals surface area contributed by atoms with Crippen LogP contribution in [-0.4, -0.2) is 65.3 Å². The summed E-state index contributed by atoms with van der Waals surface area (Å²) in [5, 5.41) is 8.33. The highest BCUT2D eigenvalue weighted by Gasteiger charge is 2.25. The Bertz CT molecular complexity index is 706. The Morgan fingerprint density at radius 3 is 2.52 bits per heavy atom. The molecule has 1 amide bonds. The third kappa shape index (κ3) is 3.42. The number of hydrogen-bond acceptors (Lipinski definition) is 7. The lowest BCUT2D eigenvalue weighted by Gasteiger charge is -2.35. The third-order valence-corrected chi connectivity index (χ3v) is 4.80. The molecule has 0 unspecified atom stereocenters. The van der Waals surface area contributed by atoms with Crippen molar-refractivity contribution in [1.29, 1.82) is 0 Å². The first-order valence-electron chi connectivity index (χ1n) is 8.84. The van der Waals surface area contributed by atoms with Crippen LogP contribution in [0.3, 0.4) is 0 Å². The second kappa shape index (κ2) is 7.08. The van der Waals surface area contributed by atoms with Crippen molar-refractivity contribution in [3.05, 3.63) is 30.4 Å². The van der Waals surface area contributed by atoms with Crippen LogP contribution in [0.15, 0.2) is 29.0 Å². The zero-order valence-electron chi connectivity index (χ0n) is 14.2. The molecule has 2 aliphatic rings. The van der Waals surface area contributed by atoms with Crippen LogP contribution in [0.4, 0.5) is 11.8 Å². The van der Waals surface area contributed by atoms with Gasteiger partial charge in [0.2, 0.25) is 5.95 Å². The van der Waals surface area contributed by atoms with Crippen molar-refractivity contribution in [2.75, 3.05) is 49.1 Å². The van der Waals surface area contributed by atoms with Gasteiger partial charge >= 0.3 is 0 Å². The first-order valence-corrected chi connectivity index (χ1v) is 8.84. The molecule has 2 fully saturated rings. The summed E-state index contributed by atoms with van der Waals surface area (Å²) in [5.74, 6) is 1.89. The van der Waals surface area contributed by atoms with E-state index in [4.69, 9.17) is 9.40 Å². The van der Waals surface area contributed by atoms with E-state index in [1.54, 1.807) is 18.3 Å². The maximum atomic E-state index is 12.3. The average Bonchev–Trinajstić information content (AvgIpc) is 3.23. The van der Waals surface area contributed by atoms with Crippen LogP contribution in [0.1, 0.15) is 29.8 Å². The van der Waals surface area contributed by atoms with Crippen molar-refractivity contribution in [1.82, 2.24) is 20.1 Å². The van der Waals surface area contributed by atoms with Crippen LogP contribution in [-0.2, 0) is 0 Å². The van der Waals surface area contributed by atoms with E-state index in [1.165, 1.54) is 25.5 Å². The number of hydrogen-bond donors (Lipinski definition) is 0. The van der Waals surface area contributed by atoms with Crippen molar-refractivity contribution in [2.24, 2.45) is 0 Å². The molecule has 2 aliphatic heterocycles. The van der Waals surface area contributed by atoms with Crippen molar-refractivity contribution in [3.8, 4) is 0 Å². The number of aromatic nitrogens is 3. The molecule has 2 aromatic rings. The van der Waals surface area contributed by atoms with Gasteiger partial charge in [-0.25, -0.2) is 0 Å². The number of carbonyl (C=O) groups is 1. The van der Waals surface area contributed by atoms with Crippen molar-refractivity contribution < 1.29 is 9.21 Å².